The number of aromatic hydroxyl groups is 1. The van der Waals surface area contributed by atoms with Crippen LogP contribution in [0.2, 0.25) is 5.02 Å². The van der Waals surface area contributed by atoms with E-state index >= 15 is 0 Å². The van der Waals surface area contributed by atoms with Crippen LogP contribution in [-0.2, 0) is 6.54 Å². The summed E-state index contributed by atoms with van der Waals surface area (Å²) >= 11 is 5.93. The number of hydrogen-bond donors (Lipinski definition) is 2. The molecule has 30 heavy (non-hydrogen) atoms. The Labute approximate surface area is 179 Å². The van der Waals surface area contributed by atoms with Crippen molar-refractivity contribution < 1.29 is 9.90 Å². The fourth-order valence-electron chi connectivity index (χ4n) is 3.32. The highest BCUT2D eigenvalue weighted by Gasteiger charge is 2.21. The van der Waals surface area contributed by atoms with Gasteiger partial charge in [-0.2, -0.15) is 5.10 Å². The van der Waals surface area contributed by atoms with Crippen LogP contribution in [0.5, 0.6) is 5.75 Å². The first-order valence-electron chi connectivity index (χ1n) is 9.96. The summed E-state index contributed by atoms with van der Waals surface area (Å²) in [6, 6.07) is 14.0. The minimum absolute atomic E-state index is 0.313. The molecule has 156 valence electrons. The van der Waals surface area contributed by atoms with Crippen LogP contribution in [0.15, 0.2) is 58.4 Å². The lowest BCUT2D eigenvalue weighted by Gasteiger charge is -2.14. The molecule has 2 aromatic carbocycles. The molecule has 0 unspecified atom stereocenters. The van der Waals surface area contributed by atoms with Gasteiger partial charge in [-0.25, -0.2) is 5.43 Å². The first-order valence-corrected chi connectivity index (χ1v) is 10.3. The zero-order chi connectivity index (χ0) is 21.5. The molecule has 0 saturated carbocycles. The molecule has 0 radical (unpaired) electrons. The third-order valence-electron chi connectivity index (χ3n) is 4.84. The molecule has 0 saturated heterocycles. The van der Waals surface area contributed by atoms with Crippen LogP contribution in [0.4, 0.5) is 0 Å². The van der Waals surface area contributed by atoms with E-state index < -0.39 is 11.5 Å². The van der Waals surface area contributed by atoms with E-state index in [1.807, 2.05) is 0 Å². The summed E-state index contributed by atoms with van der Waals surface area (Å²) in [6.07, 6.45) is 5.39. The Morgan fingerprint density at radius 1 is 1.17 bits per heavy atom. The molecule has 0 aliphatic rings. The van der Waals surface area contributed by atoms with Crippen molar-refractivity contribution in [1.82, 2.24) is 9.99 Å². The fourth-order valence-corrected chi connectivity index (χ4v) is 3.52. The maximum Gasteiger partial charge on any atom is 0.280 e. The number of unbranched alkanes of at least 4 members (excludes halogenated alkanes) is 3. The van der Waals surface area contributed by atoms with E-state index in [1.165, 1.54) is 6.21 Å². The van der Waals surface area contributed by atoms with Crippen molar-refractivity contribution >= 4 is 34.6 Å². The third-order valence-corrected chi connectivity index (χ3v) is 5.07. The van der Waals surface area contributed by atoms with Gasteiger partial charge in [0.15, 0.2) is 0 Å². The van der Waals surface area contributed by atoms with Crippen molar-refractivity contribution in [3.8, 4) is 5.75 Å². The maximum atomic E-state index is 13.1. The highest BCUT2D eigenvalue weighted by Crippen LogP contribution is 2.26. The number of nitrogens with one attached hydrogen (secondary N) is 1. The quantitative estimate of drug-likeness (QED) is 0.311. The molecule has 6 nitrogen and oxygen atoms in total. The summed E-state index contributed by atoms with van der Waals surface area (Å²) < 4.78 is 1.56. The van der Waals surface area contributed by atoms with Gasteiger partial charge in [0.25, 0.3) is 11.5 Å². The summed E-state index contributed by atoms with van der Waals surface area (Å²) in [6.45, 7) is 2.60. The van der Waals surface area contributed by atoms with Crippen LogP contribution in [0.25, 0.3) is 10.9 Å². The van der Waals surface area contributed by atoms with Crippen LogP contribution in [0.1, 0.15) is 48.5 Å². The van der Waals surface area contributed by atoms with E-state index in [2.05, 4.69) is 17.5 Å². The largest absolute Gasteiger partial charge is 0.506 e. The molecule has 0 aliphatic carbocycles. The zero-order valence-electron chi connectivity index (χ0n) is 16.8. The summed E-state index contributed by atoms with van der Waals surface area (Å²) in [5.74, 6) is -1.10. The van der Waals surface area contributed by atoms with E-state index in [1.54, 1.807) is 53.1 Å². The summed E-state index contributed by atoms with van der Waals surface area (Å²) in [4.78, 5) is 25.8. The Balaban J connectivity index is 1.92. The van der Waals surface area contributed by atoms with Gasteiger partial charge in [-0.05, 0) is 36.2 Å². The standard InChI is InChI=1S/C23H24ClN3O3/c1-2-3-4-7-13-27-19-12-6-5-11-18(19)21(28)20(23(27)30)22(29)26-25-15-16-9-8-10-17(24)14-16/h5-6,8-12,14-15,28H,2-4,7,13H2,1H3,(H,26,29)/b25-15+. The highest BCUT2D eigenvalue weighted by atomic mass is 35.5. The zero-order valence-corrected chi connectivity index (χ0v) is 17.5. The highest BCUT2D eigenvalue weighted by molar-refractivity contribution is 6.30. The van der Waals surface area contributed by atoms with Gasteiger partial charge in [-0.1, -0.05) is 62.1 Å². The van der Waals surface area contributed by atoms with Crippen molar-refractivity contribution in [2.45, 2.75) is 39.2 Å². The molecule has 3 aromatic rings. The molecule has 1 aromatic heterocycles. The number of benzene rings is 2. The molecule has 1 amide bonds. The van der Waals surface area contributed by atoms with Gasteiger partial charge in [0.05, 0.1) is 11.7 Å². The Hall–Kier alpha value is -3.12. The maximum absolute atomic E-state index is 13.1. The molecule has 0 atom stereocenters. The number of rotatable bonds is 8. The molecule has 3 rings (SSSR count). The summed E-state index contributed by atoms with van der Waals surface area (Å²) in [7, 11) is 0. The van der Waals surface area contributed by atoms with Crippen LogP contribution in [-0.4, -0.2) is 21.8 Å². The lowest BCUT2D eigenvalue weighted by molar-refractivity contribution is 0.0950. The lowest BCUT2D eigenvalue weighted by atomic mass is 10.1. The molecule has 0 spiro atoms. The minimum atomic E-state index is -0.760. The SMILES string of the molecule is CCCCCCn1c(=O)c(C(=O)N/N=C/c2cccc(Cl)c2)c(O)c2ccccc21. The van der Waals surface area contributed by atoms with Crippen LogP contribution in [0.3, 0.4) is 0 Å². The Kier molecular flexibility index (Phi) is 7.25. The van der Waals surface area contributed by atoms with Gasteiger partial charge >= 0.3 is 0 Å². The van der Waals surface area contributed by atoms with Gasteiger partial charge in [0, 0.05) is 17.0 Å². The predicted octanol–water partition coefficient (Wildman–Crippen LogP) is 4.70. The van der Waals surface area contributed by atoms with E-state index in [0.717, 1.165) is 25.7 Å². The lowest BCUT2D eigenvalue weighted by Crippen LogP contribution is -2.31. The van der Waals surface area contributed by atoms with E-state index in [9.17, 15) is 14.7 Å². The Morgan fingerprint density at radius 2 is 1.97 bits per heavy atom. The second kappa shape index (κ2) is 10.1. The van der Waals surface area contributed by atoms with Crippen LogP contribution < -0.4 is 11.0 Å². The molecule has 1 heterocycles. The smallest absolute Gasteiger partial charge is 0.280 e. The van der Waals surface area contributed by atoms with Gasteiger partial charge < -0.3 is 9.67 Å². The average molecular weight is 426 g/mol. The minimum Gasteiger partial charge on any atom is -0.506 e. The van der Waals surface area contributed by atoms with Crippen molar-refractivity contribution in [3.05, 3.63) is 75.0 Å². The number of amides is 1. The van der Waals surface area contributed by atoms with Crippen molar-refractivity contribution in [3.63, 3.8) is 0 Å². The molecule has 0 bridgehead atoms. The number of carbonyl (C=O) groups excluding carboxylic acids is 1. The number of carbonyl (C=O) groups is 1. The number of aryl methyl sites for hydroxylation is 1. The number of pyridine rings is 1. The third kappa shape index (κ3) is 4.89. The average Bonchev–Trinajstić information content (AvgIpc) is 2.73. The summed E-state index contributed by atoms with van der Waals surface area (Å²) in [5.41, 5.74) is 2.79. The van der Waals surface area contributed by atoms with E-state index in [4.69, 9.17) is 11.6 Å². The monoisotopic (exact) mass is 425 g/mol. The molecular weight excluding hydrogens is 402 g/mol. The molecule has 0 fully saturated rings. The Bertz CT molecular complexity index is 1140. The molecule has 0 aliphatic heterocycles. The first-order chi connectivity index (χ1) is 14.5. The van der Waals surface area contributed by atoms with Gasteiger partial charge in [-0.3, -0.25) is 9.59 Å². The van der Waals surface area contributed by atoms with E-state index in [0.29, 0.717) is 28.0 Å². The topological polar surface area (TPSA) is 83.7 Å². The van der Waals surface area contributed by atoms with Crippen LogP contribution in [0, 0.1) is 0 Å². The molecule has 7 heteroatoms. The molecular formula is C23H24ClN3O3. The van der Waals surface area contributed by atoms with Gasteiger partial charge in [0.1, 0.15) is 11.3 Å². The second-order valence-electron chi connectivity index (χ2n) is 7.01. The van der Waals surface area contributed by atoms with E-state index in [-0.39, 0.29) is 11.3 Å². The first kappa shape index (κ1) is 21.6. The number of halogens is 1. The molecule has 2 N–H and O–H groups in total. The van der Waals surface area contributed by atoms with Crippen molar-refractivity contribution in [2.75, 3.05) is 0 Å². The normalized spacial score (nSPS) is 11.3. The van der Waals surface area contributed by atoms with Crippen LogP contribution >= 0.6 is 11.6 Å². The number of para-hydroxylation sites is 1. The second-order valence-corrected chi connectivity index (χ2v) is 7.45. The van der Waals surface area contributed by atoms with Gasteiger partial charge in [0.2, 0.25) is 0 Å². The Morgan fingerprint density at radius 3 is 2.73 bits per heavy atom. The predicted molar refractivity (Wildman–Crippen MR) is 121 cm³/mol. The number of hydrogen-bond acceptors (Lipinski definition) is 4. The summed E-state index contributed by atoms with van der Waals surface area (Å²) in [5, 5.41) is 15.5. The fraction of sp³-hybridized carbons (Fsp3) is 0.261. The van der Waals surface area contributed by atoms with Crippen molar-refractivity contribution in [2.24, 2.45) is 5.10 Å². The number of fused-ring (bicyclic) bond motifs is 1. The number of aromatic nitrogens is 1. The number of nitrogens with zero attached hydrogens (tertiary/aromatic N) is 2. The number of hydrazone groups is 1. The van der Waals surface area contributed by atoms with Gasteiger partial charge in [-0.15, -0.1) is 0 Å². The van der Waals surface area contributed by atoms with Crippen molar-refractivity contribution in [1.29, 1.82) is 0 Å².